The van der Waals surface area contributed by atoms with Gasteiger partial charge in [-0.1, -0.05) is 103 Å². The monoisotopic (exact) mass is 489 g/mol. The van der Waals surface area contributed by atoms with E-state index in [1.807, 2.05) is 12.1 Å². The molecule has 0 amide bonds. The largest absolute Gasteiger partial charge is 0.298 e. The second-order valence-corrected chi connectivity index (χ2v) is 10.1. The van der Waals surface area contributed by atoms with Gasteiger partial charge in [0.2, 0.25) is 0 Å². The van der Waals surface area contributed by atoms with Crippen molar-refractivity contribution in [3.63, 3.8) is 0 Å². The summed E-state index contributed by atoms with van der Waals surface area (Å²) in [5, 5.41) is 2.59. The molecule has 1 saturated heterocycles. The Kier molecular flexibility index (Phi) is 6.55. The van der Waals surface area contributed by atoms with E-state index in [2.05, 4.69) is 89.8 Å². The lowest BCUT2D eigenvalue weighted by atomic mass is 9.83. The predicted molar refractivity (Wildman–Crippen MR) is 147 cm³/mol. The van der Waals surface area contributed by atoms with Gasteiger partial charge in [0.1, 0.15) is 11.6 Å². The Morgan fingerprint density at radius 1 is 0.649 bits per heavy atom. The topological polar surface area (TPSA) is 3.24 Å². The standard InChI is InChI=1S/C34H29F2N/c35-32-14-7-15-33(36)34(32)27-18-16-26(17-19-27)31-23-37(21-24-8-2-1-3-9-24)22-29(31)20-28-12-6-11-25-10-4-5-13-30(25)28/h1-19,29,31H,20-23H2. The summed E-state index contributed by atoms with van der Waals surface area (Å²) in [6.07, 6.45) is 0.987. The van der Waals surface area contributed by atoms with Crippen molar-refractivity contribution in [3.05, 3.63) is 144 Å². The summed E-state index contributed by atoms with van der Waals surface area (Å²) >= 11 is 0. The van der Waals surface area contributed by atoms with Crippen molar-refractivity contribution in [2.24, 2.45) is 5.92 Å². The zero-order valence-corrected chi connectivity index (χ0v) is 20.7. The number of hydrogen-bond donors (Lipinski definition) is 0. The third-order valence-electron chi connectivity index (χ3n) is 7.72. The van der Waals surface area contributed by atoms with E-state index in [-0.39, 0.29) is 5.56 Å². The number of hydrogen-bond acceptors (Lipinski definition) is 1. The maximum Gasteiger partial charge on any atom is 0.133 e. The molecule has 1 aliphatic heterocycles. The Morgan fingerprint density at radius 2 is 1.32 bits per heavy atom. The molecule has 2 unspecified atom stereocenters. The van der Waals surface area contributed by atoms with E-state index in [9.17, 15) is 8.78 Å². The molecule has 1 fully saturated rings. The third-order valence-corrected chi connectivity index (χ3v) is 7.72. The molecule has 1 nitrogen and oxygen atoms in total. The van der Waals surface area contributed by atoms with Gasteiger partial charge < -0.3 is 0 Å². The normalized spacial score (nSPS) is 17.9. The number of benzene rings is 5. The molecule has 5 aromatic rings. The van der Waals surface area contributed by atoms with Crippen molar-refractivity contribution in [2.75, 3.05) is 13.1 Å². The number of likely N-dealkylation sites (tertiary alicyclic amines) is 1. The van der Waals surface area contributed by atoms with Gasteiger partial charge >= 0.3 is 0 Å². The van der Waals surface area contributed by atoms with Crippen LogP contribution in [-0.4, -0.2) is 18.0 Å². The minimum Gasteiger partial charge on any atom is -0.298 e. The molecule has 0 spiro atoms. The van der Waals surface area contributed by atoms with E-state index in [0.29, 0.717) is 17.4 Å². The number of halogens is 2. The fraction of sp³-hybridized carbons (Fsp3) is 0.176. The molecular formula is C34H29F2N. The van der Waals surface area contributed by atoms with E-state index < -0.39 is 11.6 Å². The highest BCUT2D eigenvalue weighted by molar-refractivity contribution is 5.85. The Balaban J connectivity index is 1.31. The van der Waals surface area contributed by atoms with Crippen LogP contribution in [0.3, 0.4) is 0 Å². The zero-order chi connectivity index (χ0) is 25.2. The van der Waals surface area contributed by atoms with E-state index in [0.717, 1.165) is 26.1 Å². The molecule has 0 N–H and O–H groups in total. The van der Waals surface area contributed by atoms with Gasteiger partial charge in [0, 0.05) is 25.6 Å². The van der Waals surface area contributed by atoms with Gasteiger partial charge in [0.05, 0.1) is 5.56 Å². The van der Waals surface area contributed by atoms with Gasteiger partial charge in [-0.3, -0.25) is 4.90 Å². The highest BCUT2D eigenvalue weighted by Gasteiger charge is 2.34. The highest BCUT2D eigenvalue weighted by atomic mass is 19.1. The Morgan fingerprint density at radius 3 is 2.11 bits per heavy atom. The molecule has 37 heavy (non-hydrogen) atoms. The lowest BCUT2D eigenvalue weighted by molar-refractivity contribution is 0.315. The third kappa shape index (κ3) is 4.92. The highest BCUT2D eigenvalue weighted by Crippen LogP contribution is 2.38. The van der Waals surface area contributed by atoms with Gasteiger partial charge in [-0.05, 0) is 57.5 Å². The average molecular weight is 490 g/mol. The summed E-state index contributed by atoms with van der Waals surface area (Å²) in [5.74, 6) is -0.291. The first kappa shape index (κ1) is 23.6. The number of rotatable bonds is 6. The van der Waals surface area contributed by atoms with Crippen molar-refractivity contribution >= 4 is 10.8 Å². The summed E-state index contributed by atoms with van der Waals surface area (Å²) < 4.78 is 28.8. The zero-order valence-electron chi connectivity index (χ0n) is 20.7. The molecule has 5 aromatic carbocycles. The van der Waals surface area contributed by atoms with Crippen molar-refractivity contribution in [2.45, 2.75) is 18.9 Å². The van der Waals surface area contributed by atoms with Crippen LogP contribution < -0.4 is 0 Å². The molecule has 1 aliphatic rings. The molecule has 3 heteroatoms. The summed E-state index contributed by atoms with van der Waals surface area (Å²) in [6.45, 7) is 2.88. The molecule has 6 rings (SSSR count). The fourth-order valence-corrected chi connectivity index (χ4v) is 5.94. The van der Waals surface area contributed by atoms with Gasteiger partial charge in [0.15, 0.2) is 0 Å². The number of fused-ring (bicyclic) bond motifs is 1. The minimum atomic E-state index is -0.531. The predicted octanol–water partition coefficient (Wildman–Crippen LogP) is 8.24. The van der Waals surface area contributed by atoms with Crippen LogP contribution in [0.2, 0.25) is 0 Å². The molecule has 0 aromatic heterocycles. The first-order valence-electron chi connectivity index (χ1n) is 12.9. The van der Waals surface area contributed by atoms with Crippen LogP contribution in [0.4, 0.5) is 8.78 Å². The first-order chi connectivity index (χ1) is 18.2. The molecule has 0 saturated carbocycles. The summed E-state index contributed by atoms with van der Waals surface area (Å²) in [7, 11) is 0. The van der Waals surface area contributed by atoms with Crippen molar-refractivity contribution in [1.29, 1.82) is 0 Å². The Bertz CT molecular complexity index is 1490. The van der Waals surface area contributed by atoms with E-state index in [4.69, 9.17) is 0 Å². The summed E-state index contributed by atoms with van der Waals surface area (Å²) in [6, 6.07) is 37.7. The SMILES string of the molecule is Fc1cccc(F)c1-c1ccc(C2CN(Cc3ccccc3)CC2Cc2cccc3ccccc23)cc1. The van der Waals surface area contributed by atoms with Crippen LogP contribution in [-0.2, 0) is 13.0 Å². The van der Waals surface area contributed by atoms with Gasteiger partial charge in [0.25, 0.3) is 0 Å². The molecular weight excluding hydrogens is 460 g/mol. The summed E-state index contributed by atoms with van der Waals surface area (Å²) in [5.41, 5.74) is 4.53. The van der Waals surface area contributed by atoms with Gasteiger partial charge in [-0.25, -0.2) is 8.78 Å². The Hall–Kier alpha value is -3.82. The van der Waals surface area contributed by atoms with Gasteiger partial charge in [-0.2, -0.15) is 0 Å². The van der Waals surface area contributed by atoms with Crippen molar-refractivity contribution in [3.8, 4) is 11.1 Å². The Labute approximate surface area is 217 Å². The van der Waals surface area contributed by atoms with Crippen LogP contribution >= 0.6 is 0 Å². The summed E-state index contributed by atoms with van der Waals surface area (Å²) in [4.78, 5) is 2.54. The average Bonchev–Trinajstić information content (AvgIpc) is 3.31. The first-order valence-corrected chi connectivity index (χ1v) is 12.9. The van der Waals surface area contributed by atoms with Gasteiger partial charge in [-0.15, -0.1) is 0 Å². The van der Waals surface area contributed by atoms with Crippen molar-refractivity contribution in [1.82, 2.24) is 4.90 Å². The maximum absolute atomic E-state index is 14.4. The van der Waals surface area contributed by atoms with Crippen LogP contribution in [0.15, 0.2) is 115 Å². The molecule has 184 valence electrons. The van der Waals surface area contributed by atoms with Crippen LogP contribution in [0, 0.1) is 17.6 Å². The second-order valence-electron chi connectivity index (χ2n) is 10.1. The van der Waals surface area contributed by atoms with Crippen LogP contribution in [0.25, 0.3) is 21.9 Å². The van der Waals surface area contributed by atoms with E-state index in [1.165, 1.54) is 45.7 Å². The van der Waals surface area contributed by atoms with Crippen LogP contribution in [0.1, 0.15) is 22.6 Å². The number of nitrogens with zero attached hydrogens (tertiary/aromatic N) is 1. The lowest BCUT2D eigenvalue weighted by Gasteiger charge is -2.20. The second kappa shape index (κ2) is 10.3. The molecule has 0 bridgehead atoms. The quantitative estimate of drug-likeness (QED) is 0.232. The minimum absolute atomic E-state index is 0.0403. The molecule has 2 atom stereocenters. The fourth-order valence-electron chi connectivity index (χ4n) is 5.94. The lowest BCUT2D eigenvalue weighted by Crippen LogP contribution is -2.20. The molecule has 1 heterocycles. The molecule has 0 radical (unpaired) electrons. The molecule has 0 aliphatic carbocycles. The van der Waals surface area contributed by atoms with E-state index >= 15 is 0 Å². The van der Waals surface area contributed by atoms with E-state index in [1.54, 1.807) is 0 Å². The maximum atomic E-state index is 14.4. The van der Waals surface area contributed by atoms with Crippen molar-refractivity contribution < 1.29 is 8.78 Å². The smallest absolute Gasteiger partial charge is 0.133 e. The van der Waals surface area contributed by atoms with Crippen LogP contribution in [0.5, 0.6) is 0 Å².